The van der Waals surface area contributed by atoms with Gasteiger partial charge in [-0.3, -0.25) is 0 Å². The average molecular weight is 344 g/mol. The maximum Gasteiger partial charge on any atom is 0.336 e. The first kappa shape index (κ1) is 18.2. The molecule has 0 radical (unpaired) electrons. The standard InChI is InChI=1S/C19H20O6/c1-22-14-7-5-13(6-8-14)15(19(20)21)9-12-10-16(23-2)18(25-4)17(11-12)24-3/h5-11H,1-4H3,(H,20,21). The van der Waals surface area contributed by atoms with E-state index in [0.717, 1.165) is 0 Å². The van der Waals surface area contributed by atoms with Crippen molar-refractivity contribution in [3.63, 3.8) is 0 Å². The summed E-state index contributed by atoms with van der Waals surface area (Å²) >= 11 is 0. The predicted octanol–water partition coefficient (Wildman–Crippen LogP) is 3.35. The van der Waals surface area contributed by atoms with Crippen molar-refractivity contribution >= 4 is 17.6 Å². The van der Waals surface area contributed by atoms with Crippen LogP contribution in [0.4, 0.5) is 0 Å². The van der Waals surface area contributed by atoms with Crippen LogP contribution >= 0.6 is 0 Å². The molecule has 1 N–H and O–H groups in total. The molecule has 0 saturated carbocycles. The van der Waals surface area contributed by atoms with Crippen molar-refractivity contribution in [3.05, 3.63) is 47.5 Å². The van der Waals surface area contributed by atoms with E-state index in [1.807, 2.05) is 0 Å². The second-order valence-corrected chi connectivity index (χ2v) is 5.05. The fraction of sp³-hybridized carbons (Fsp3) is 0.211. The van der Waals surface area contributed by atoms with E-state index in [4.69, 9.17) is 18.9 Å². The lowest BCUT2D eigenvalue weighted by molar-refractivity contribution is -0.130. The van der Waals surface area contributed by atoms with Crippen LogP contribution in [-0.2, 0) is 4.79 Å². The number of carboxylic acids is 1. The third kappa shape index (κ3) is 4.03. The van der Waals surface area contributed by atoms with E-state index in [9.17, 15) is 9.90 Å². The highest BCUT2D eigenvalue weighted by atomic mass is 16.5. The highest BCUT2D eigenvalue weighted by Gasteiger charge is 2.15. The second-order valence-electron chi connectivity index (χ2n) is 5.05. The molecule has 0 aliphatic carbocycles. The number of methoxy groups -OCH3 is 4. The van der Waals surface area contributed by atoms with Crippen LogP contribution in [0.5, 0.6) is 23.0 Å². The van der Waals surface area contributed by atoms with E-state index in [1.54, 1.807) is 49.6 Å². The Labute approximate surface area is 146 Å². The van der Waals surface area contributed by atoms with Gasteiger partial charge >= 0.3 is 5.97 Å². The number of hydrogen-bond donors (Lipinski definition) is 1. The Bertz CT molecular complexity index is 752. The number of rotatable bonds is 7. The van der Waals surface area contributed by atoms with E-state index >= 15 is 0 Å². The number of aliphatic carboxylic acids is 1. The molecule has 0 unspecified atom stereocenters. The van der Waals surface area contributed by atoms with Crippen LogP contribution in [-0.4, -0.2) is 39.5 Å². The normalized spacial score (nSPS) is 11.0. The van der Waals surface area contributed by atoms with Crippen LogP contribution in [0.2, 0.25) is 0 Å². The molecule has 0 aliphatic heterocycles. The van der Waals surface area contributed by atoms with Crippen LogP contribution in [0.3, 0.4) is 0 Å². The largest absolute Gasteiger partial charge is 0.497 e. The fourth-order valence-corrected chi connectivity index (χ4v) is 2.39. The minimum absolute atomic E-state index is 0.136. The van der Waals surface area contributed by atoms with Crippen molar-refractivity contribution in [2.75, 3.05) is 28.4 Å². The molecule has 6 heteroatoms. The Morgan fingerprint density at radius 3 is 1.84 bits per heavy atom. The Hall–Kier alpha value is -3.15. The number of carbonyl (C=O) groups is 1. The third-order valence-electron chi connectivity index (χ3n) is 3.63. The number of hydrogen-bond acceptors (Lipinski definition) is 5. The van der Waals surface area contributed by atoms with Crippen LogP contribution in [0.25, 0.3) is 11.6 Å². The van der Waals surface area contributed by atoms with Gasteiger partial charge in [-0.05, 0) is 41.5 Å². The van der Waals surface area contributed by atoms with E-state index in [2.05, 4.69) is 0 Å². The minimum atomic E-state index is -1.04. The van der Waals surface area contributed by atoms with Crippen LogP contribution in [0, 0.1) is 0 Å². The van der Waals surface area contributed by atoms with Crippen molar-refractivity contribution < 1.29 is 28.8 Å². The topological polar surface area (TPSA) is 74.2 Å². The number of benzene rings is 2. The fourth-order valence-electron chi connectivity index (χ4n) is 2.39. The molecule has 2 aromatic rings. The van der Waals surface area contributed by atoms with Crippen molar-refractivity contribution in [3.8, 4) is 23.0 Å². The van der Waals surface area contributed by atoms with Gasteiger partial charge in [0.05, 0.1) is 34.0 Å². The van der Waals surface area contributed by atoms with Gasteiger partial charge in [-0.25, -0.2) is 4.79 Å². The van der Waals surface area contributed by atoms with Crippen LogP contribution in [0.15, 0.2) is 36.4 Å². The van der Waals surface area contributed by atoms with E-state index in [-0.39, 0.29) is 5.57 Å². The molecule has 0 heterocycles. The number of ether oxygens (including phenoxy) is 4. The molecule has 2 rings (SSSR count). The van der Waals surface area contributed by atoms with E-state index in [0.29, 0.717) is 34.1 Å². The predicted molar refractivity (Wildman–Crippen MR) is 94.6 cm³/mol. The third-order valence-corrected chi connectivity index (χ3v) is 3.63. The molecule has 0 amide bonds. The van der Waals surface area contributed by atoms with Gasteiger partial charge in [0, 0.05) is 0 Å². The lowest BCUT2D eigenvalue weighted by atomic mass is 10.0. The number of carboxylic acid groups (broad SMARTS) is 1. The smallest absolute Gasteiger partial charge is 0.336 e. The van der Waals surface area contributed by atoms with Gasteiger partial charge in [-0.1, -0.05) is 12.1 Å². The lowest BCUT2D eigenvalue weighted by Crippen LogP contribution is -2.00. The highest BCUT2D eigenvalue weighted by Crippen LogP contribution is 2.39. The molecule has 132 valence electrons. The lowest BCUT2D eigenvalue weighted by Gasteiger charge is -2.13. The Morgan fingerprint density at radius 2 is 1.44 bits per heavy atom. The summed E-state index contributed by atoms with van der Waals surface area (Å²) < 4.78 is 21.0. The molecule has 0 fully saturated rings. The molecule has 0 bridgehead atoms. The van der Waals surface area contributed by atoms with Gasteiger partial charge in [0.1, 0.15) is 5.75 Å². The van der Waals surface area contributed by atoms with Gasteiger partial charge in [-0.15, -0.1) is 0 Å². The summed E-state index contributed by atoms with van der Waals surface area (Å²) in [6.45, 7) is 0. The van der Waals surface area contributed by atoms with Crippen LogP contribution in [0.1, 0.15) is 11.1 Å². The maximum absolute atomic E-state index is 11.7. The molecule has 2 aromatic carbocycles. The summed E-state index contributed by atoms with van der Waals surface area (Å²) in [5.41, 5.74) is 1.31. The first-order chi connectivity index (χ1) is 12.0. The second kappa shape index (κ2) is 8.10. The van der Waals surface area contributed by atoms with Crippen LogP contribution < -0.4 is 18.9 Å². The van der Waals surface area contributed by atoms with Crippen molar-refractivity contribution in [2.24, 2.45) is 0 Å². The molecule has 0 saturated heterocycles. The molecule has 0 aliphatic rings. The zero-order chi connectivity index (χ0) is 18.4. The Balaban J connectivity index is 2.54. The first-order valence-electron chi connectivity index (χ1n) is 7.43. The summed E-state index contributed by atoms with van der Waals surface area (Å²) in [6.07, 6.45) is 1.55. The quantitative estimate of drug-likeness (QED) is 0.613. The van der Waals surface area contributed by atoms with Gasteiger partial charge < -0.3 is 24.1 Å². The Kier molecular flexibility index (Phi) is 5.89. The van der Waals surface area contributed by atoms with Crippen molar-refractivity contribution in [2.45, 2.75) is 0 Å². The van der Waals surface area contributed by atoms with Gasteiger partial charge in [0.15, 0.2) is 11.5 Å². The van der Waals surface area contributed by atoms with E-state index < -0.39 is 5.97 Å². The van der Waals surface area contributed by atoms with Gasteiger partial charge in [0.25, 0.3) is 0 Å². The molecule has 25 heavy (non-hydrogen) atoms. The van der Waals surface area contributed by atoms with Crippen molar-refractivity contribution in [1.29, 1.82) is 0 Å². The average Bonchev–Trinajstić information content (AvgIpc) is 2.64. The summed E-state index contributed by atoms with van der Waals surface area (Å²) in [4.78, 5) is 11.7. The molecule has 0 atom stereocenters. The zero-order valence-corrected chi connectivity index (χ0v) is 14.5. The molecule has 0 spiro atoms. The monoisotopic (exact) mass is 344 g/mol. The summed E-state index contributed by atoms with van der Waals surface area (Å²) in [5, 5.41) is 9.58. The molecule has 6 nitrogen and oxygen atoms in total. The summed E-state index contributed by atoms with van der Waals surface area (Å²) in [5.74, 6) is 0.962. The molecular weight excluding hydrogens is 324 g/mol. The summed E-state index contributed by atoms with van der Waals surface area (Å²) in [6, 6.07) is 10.2. The minimum Gasteiger partial charge on any atom is -0.497 e. The maximum atomic E-state index is 11.7. The molecular formula is C19H20O6. The van der Waals surface area contributed by atoms with Gasteiger partial charge in [-0.2, -0.15) is 0 Å². The van der Waals surface area contributed by atoms with Gasteiger partial charge in [0.2, 0.25) is 5.75 Å². The zero-order valence-electron chi connectivity index (χ0n) is 14.5. The first-order valence-corrected chi connectivity index (χ1v) is 7.43. The van der Waals surface area contributed by atoms with E-state index in [1.165, 1.54) is 21.3 Å². The summed E-state index contributed by atoms with van der Waals surface area (Å²) in [7, 11) is 6.08. The Morgan fingerprint density at radius 1 is 0.880 bits per heavy atom. The molecule has 0 aromatic heterocycles. The SMILES string of the molecule is COc1ccc(C(=Cc2cc(OC)c(OC)c(OC)c2)C(=O)O)cc1. The van der Waals surface area contributed by atoms with Crippen molar-refractivity contribution in [1.82, 2.24) is 0 Å². The highest BCUT2D eigenvalue weighted by molar-refractivity contribution is 6.20.